The number of anilines is 2. The fourth-order valence-corrected chi connectivity index (χ4v) is 2.73. The molecule has 23 heavy (non-hydrogen) atoms. The number of methoxy groups -OCH3 is 1. The molecule has 0 amide bonds. The Bertz CT molecular complexity index is 850. The van der Waals surface area contributed by atoms with Crippen molar-refractivity contribution in [2.45, 2.75) is 0 Å². The van der Waals surface area contributed by atoms with Crippen LogP contribution in [-0.2, 0) is 0 Å². The summed E-state index contributed by atoms with van der Waals surface area (Å²) in [6, 6.07) is 13.8. The van der Waals surface area contributed by atoms with Crippen LogP contribution >= 0.6 is 11.3 Å². The van der Waals surface area contributed by atoms with Gasteiger partial charge in [0.15, 0.2) is 0 Å². The molecule has 116 valence electrons. The summed E-state index contributed by atoms with van der Waals surface area (Å²) in [6.07, 6.45) is 0. The van der Waals surface area contributed by atoms with E-state index in [1.165, 1.54) is 23.5 Å². The first-order valence-electron chi connectivity index (χ1n) is 6.65. The van der Waals surface area contributed by atoms with Gasteiger partial charge in [-0.2, -0.15) is 0 Å². The summed E-state index contributed by atoms with van der Waals surface area (Å²) in [5.41, 5.74) is 1.52. The van der Waals surface area contributed by atoms with Crippen molar-refractivity contribution in [2.24, 2.45) is 0 Å². The molecule has 0 aliphatic heterocycles. The number of nitro groups is 1. The Hall–Kier alpha value is -3.00. The Morgan fingerprint density at radius 1 is 1.17 bits per heavy atom. The molecular formula is C15H12N4O3S. The quantitative estimate of drug-likeness (QED) is 0.565. The summed E-state index contributed by atoms with van der Waals surface area (Å²) in [7, 11) is 1.60. The van der Waals surface area contributed by atoms with Crippen LogP contribution in [0.15, 0.2) is 48.5 Å². The molecule has 1 N–H and O–H groups in total. The van der Waals surface area contributed by atoms with Gasteiger partial charge >= 0.3 is 0 Å². The lowest BCUT2D eigenvalue weighted by Gasteiger charge is -2.04. The van der Waals surface area contributed by atoms with Gasteiger partial charge in [-0.05, 0) is 12.1 Å². The fourth-order valence-electron chi connectivity index (χ4n) is 1.97. The van der Waals surface area contributed by atoms with Crippen LogP contribution in [0.1, 0.15) is 0 Å². The molecule has 0 saturated heterocycles. The van der Waals surface area contributed by atoms with Gasteiger partial charge in [-0.1, -0.05) is 29.5 Å². The molecule has 1 heterocycles. The number of hydrogen-bond donors (Lipinski definition) is 1. The Labute approximate surface area is 135 Å². The molecule has 0 bridgehead atoms. The zero-order chi connectivity index (χ0) is 16.2. The maximum absolute atomic E-state index is 10.8. The SMILES string of the molecule is COc1cccc(Nc2nnc(-c3cccc([N+](=O)[O-])c3)s2)c1. The summed E-state index contributed by atoms with van der Waals surface area (Å²) >= 11 is 1.32. The molecule has 3 aromatic rings. The van der Waals surface area contributed by atoms with Gasteiger partial charge in [0.05, 0.1) is 12.0 Å². The summed E-state index contributed by atoms with van der Waals surface area (Å²) in [6.45, 7) is 0. The maximum Gasteiger partial charge on any atom is 0.270 e. The molecule has 0 spiro atoms. The van der Waals surface area contributed by atoms with E-state index in [0.29, 0.717) is 15.7 Å². The molecule has 7 nitrogen and oxygen atoms in total. The normalized spacial score (nSPS) is 10.3. The Balaban J connectivity index is 1.83. The second kappa shape index (κ2) is 6.41. The molecule has 0 fully saturated rings. The van der Waals surface area contributed by atoms with Crippen molar-refractivity contribution >= 4 is 27.8 Å². The molecule has 0 atom stereocenters. The topological polar surface area (TPSA) is 90.2 Å². The number of nitrogens with one attached hydrogen (secondary N) is 1. The number of benzene rings is 2. The fraction of sp³-hybridized carbons (Fsp3) is 0.0667. The van der Waals surface area contributed by atoms with E-state index in [9.17, 15) is 10.1 Å². The molecular weight excluding hydrogens is 316 g/mol. The molecule has 0 aliphatic carbocycles. The second-order valence-corrected chi connectivity index (χ2v) is 5.55. The van der Waals surface area contributed by atoms with E-state index in [0.717, 1.165) is 11.4 Å². The van der Waals surface area contributed by atoms with Gasteiger partial charge in [0.2, 0.25) is 5.13 Å². The summed E-state index contributed by atoms with van der Waals surface area (Å²) in [5, 5.41) is 23.3. The average molecular weight is 328 g/mol. The maximum atomic E-state index is 10.8. The van der Waals surface area contributed by atoms with Crippen LogP contribution in [0, 0.1) is 10.1 Å². The standard InChI is InChI=1S/C15H12N4O3S/c1-22-13-7-3-5-11(9-13)16-15-18-17-14(23-15)10-4-2-6-12(8-10)19(20)21/h2-9H,1H3,(H,16,18). The highest BCUT2D eigenvalue weighted by Crippen LogP contribution is 2.30. The molecule has 8 heteroatoms. The molecule has 0 aliphatic rings. The van der Waals surface area contributed by atoms with Gasteiger partial charge in [-0.3, -0.25) is 10.1 Å². The van der Waals surface area contributed by atoms with Crippen LogP contribution in [0.4, 0.5) is 16.5 Å². The van der Waals surface area contributed by atoms with E-state index >= 15 is 0 Å². The van der Waals surface area contributed by atoms with E-state index in [4.69, 9.17) is 4.74 Å². The summed E-state index contributed by atoms with van der Waals surface area (Å²) in [4.78, 5) is 10.4. The van der Waals surface area contributed by atoms with Crippen LogP contribution in [0.5, 0.6) is 5.75 Å². The zero-order valence-corrected chi connectivity index (χ0v) is 12.9. The van der Waals surface area contributed by atoms with Crippen molar-refractivity contribution in [1.29, 1.82) is 0 Å². The molecule has 0 unspecified atom stereocenters. The van der Waals surface area contributed by atoms with Crippen molar-refractivity contribution < 1.29 is 9.66 Å². The van der Waals surface area contributed by atoms with Crippen LogP contribution in [0.2, 0.25) is 0 Å². The molecule has 0 radical (unpaired) electrons. The van der Waals surface area contributed by atoms with Crippen LogP contribution in [-0.4, -0.2) is 22.2 Å². The summed E-state index contributed by atoms with van der Waals surface area (Å²) < 4.78 is 5.17. The number of non-ortho nitro benzene ring substituents is 1. The van der Waals surface area contributed by atoms with E-state index in [1.807, 2.05) is 24.3 Å². The largest absolute Gasteiger partial charge is 0.497 e. The highest BCUT2D eigenvalue weighted by molar-refractivity contribution is 7.18. The predicted octanol–water partition coefficient (Wildman–Crippen LogP) is 3.87. The number of ether oxygens (including phenoxy) is 1. The van der Waals surface area contributed by atoms with Gasteiger partial charge in [0, 0.05) is 29.4 Å². The average Bonchev–Trinajstić information content (AvgIpc) is 3.03. The number of rotatable bonds is 5. The highest BCUT2D eigenvalue weighted by Gasteiger charge is 2.11. The van der Waals surface area contributed by atoms with Gasteiger partial charge in [-0.25, -0.2) is 0 Å². The van der Waals surface area contributed by atoms with Crippen molar-refractivity contribution in [3.8, 4) is 16.3 Å². The summed E-state index contributed by atoms with van der Waals surface area (Å²) in [5.74, 6) is 0.735. The Morgan fingerprint density at radius 3 is 2.78 bits per heavy atom. The number of nitrogens with zero attached hydrogens (tertiary/aromatic N) is 3. The monoisotopic (exact) mass is 328 g/mol. The van der Waals surface area contributed by atoms with Crippen molar-refractivity contribution in [3.63, 3.8) is 0 Å². The minimum atomic E-state index is -0.431. The molecule has 1 aromatic heterocycles. The van der Waals surface area contributed by atoms with E-state index in [1.54, 1.807) is 19.2 Å². The lowest BCUT2D eigenvalue weighted by atomic mass is 10.2. The van der Waals surface area contributed by atoms with Crippen molar-refractivity contribution in [1.82, 2.24) is 10.2 Å². The third-order valence-corrected chi connectivity index (χ3v) is 3.94. The van der Waals surface area contributed by atoms with E-state index in [2.05, 4.69) is 15.5 Å². The van der Waals surface area contributed by atoms with Crippen molar-refractivity contribution in [3.05, 3.63) is 58.6 Å². The van der Waals surface area contributed by atoms with Gasteiger partial charge in [0.25, 0.3) is 5.69 Å². The Kier molecular flexibility index (Phi) is 4.15. The molecule has 3 rings (SSSR count). The molecule has 0 saturated carbocycles. The van der Waals surface area contributed by atoms with Gasteiger partial charge in [-0.15, -0.1) is 10.2 Å². The first-order chi connectivity index (χ1) is 11.2. The highest BCUT2D eigenvalue weighted by atomic mass is 32.1. The first-order valence-corrected chi connectivity index (χ1v) is 7.47. The lowest BCUT2D eigenvalue weighted by molar-refractivity contribution is -0.384. The number of nitro benzene ring substituents is 1. The number of hydrogen-bond acceptors (Lipinski definition) is 7. The molecule has 2 aromatic carbocycles. The lowest BCUT2D eigenvalue weighted by Crippen LogP contribution is -1.90. The zero-order valence-electron chi connectivity index (χ0n) is 12.1. The first kappa shape index (κ1) is 14.9. The minimum absolute atomic E-state index is 0.0278. The van der Waals surface area contributed by atoms with Crippen LogP contribution in [0.25, 0.3) is 10.6 Å². The van der Waals surface area contributed by atoms with Crippen LogP contribution < -0.4 is 10.1 Å². The minimum Gasteiger partial charge on any atom is -0.497 e. The van der Waals surface area contributed by atoms with Gasteiger partial charge in [0.1, 0.15) is 10.8 Å². The third-order valence-electron chi connectivity index (χ3n) is 3.05. The van der Waals surface area contributed by atoms with Crippen LogP contribution in [0.3, 0.4) is 0 Å². The van der Waals surface area contributed by atoms with Gasteiger partial charge < -0.3 is 10.1 Å². The van der Waals surface area contributed by atoms with E-state index in [-0.39, 0.29) is 5.69 Å². The predicted molar refractivity (Wildman–Crippen MR) is 88.3 cm³/mol. The number of aromatic nitrogens is 2. The third kappa shape index (κ3) is 3.43. The van der Waals surface area contributed by atoms with Crippen molar-refractivity contribution in [2.75, 3.05) is 12.4 Å². The second-order valence-electron chi connectivity index (χ2n) is 4.58. The smallest absolute Gasteiger partial charge is 0.270 e. The van der Waals surface area contributed by atoms with E-state index < -0.39 is 4.92 Å². The Morgan fingerprint density at radius 2 is 2.00 bits per heavy atom.